The van der Waals surface area contributed by atoms with Gasteiger partial charge in [-0.15, -0.1) is 0 Å². The van der Waals surface area contributed by atoms with E-state index in [2.05, 4.69) is 36.2 Å². The smallest absolute Gasteiger partial charge is 0.146 e. The van der Waals surface area contributed by atoms with E-state index < -0.39 is 0 Å². The number of hydrogen-bond acceptors (Lipinski definition) is 2. The third-order valence-electron chi connectivity index (χ3n) is 3.49. The lowest BCUT2D eigenvalue weighted by molar-refractivity contribution is -0.118. The highest BCUT2D eigenvalue weighted by Gasteiger charge is 2.02. The number of nitrogens with one attached hydrogen (secondary N) is 1. The third kappa shape index (κ3) is 8.38. The van der Waals surface area contributed by atoms with Crippen LogP contribution in [0.4, 0.5) is 0 Å². The van der Waals surface area contributed by atoms with Crippen molar-refractivity contribution in [3.8, 4) is 0 Å². The van der Waals surface area contributed by atoms with Crippen LogP contribution >= 0.6 is 0 Å². The Kier molecular flexibility index (Phi) is 9.64. The summed E-state index contributed by atoms with van der Waals surface area (Å²) < 4.78 is 0. The summed E-state index contributed by atoms with van der Waals surface area (Å²) in [5, 5.41) is 3.24. The van der Waals surface area contributed by atoms with Crippen molar-refractivity contribution in [2.45, 2.75) is 32.6 Å². The maximum Gasteiger partial charge on any atom is 0.146 e. The third-order valence-corrected chi connectivity index (χ3v) is 3.49. The number of rotatable bonds is 11. The Bertz CT molecular complexity index is 500. The van der Waals surface area contributed by atoms with Gasteiger partial charge in [0.15, 0.2) is 0 Å². The van der Waals surface area contributed by atoms with E-state index in [1.54, 1.807) is 6.08 Å². The first-order valence-electron chi connectivity index (χ1n) is 7.97. The lowest BCUT2D eigenvalue weighted by Gasteiger charge is -2.05. The Morgan fingerprint density at radius 1 is 1.23 bits per heavy atom. The average molecular weight is 297 g/mol. The molecule has 0 bridgehead atoms. The summed E-state index contributed by atoms with van der Waals surface area (Å²) in [7, 11) is 0. The maximum atomic E-state index is 11.8. The fraction of sp³-hybridized carbons (Fsp3) is 0.350. The predicted molar refractivity (Wildman–Crippen MR) is 95.0 cm³/mol. The molecule has 0 aliphatic rings. The van der Waals surface area contributed by atoms with Crippen molar-refractivity contribution in [2.75, 3.05) is 13.1 Å². The summed E-state index contributed by atoms with van der Waals surface area (Å²) >= 11 is 0. The molecule has 1 aromatic rings. The monoisotopic (exact) mass is 297 g/mol. The molecule has 0 saturated heterocycles. The van der Waals surface area contributed by atoms with E-state index in [0.29, 0.717) is 13.0 Å². The zero-order valence-electron chi connectivity index (χ0n) is 13.6. The molecule has 0 saturated carbocycles. The van der Waals surface area contributed by atoms with Crippen LogP contribution < -0.4 is 5.32 Å². The average Bonchev–Trinajstić information content (AvgIpc) is 2.55. The molecular formula is C20H27NO. The molecule has 0 aliphatic heterocycles. The molecule has 1 aromatic carbocycles. The summed E-state index contributed by atoms with van der Waals surface area (Å²) in [5.41, 5.74) is 2.53. The number of carbonyl (C=O) groups is 1. The molecule has 0 atom stereocenters. The van der Waals surface area contributed by atoms with Gasteiger partial charge in [0.25, 0.3) is 0 Å². The van der Waals surface area contributed by atoms with Gasteiger partial charge >= 0.3 is 0 Å². The van der Waals surface area contributed by atoms with E-state index in [1.165, 1.54) is 11.1 Å². The fourth-order valence-corrected chi connectivity index (χ4v) is 2.18. The van der Waals surface area contributed by atoms with Crippen molar-refractivity contribution in [3.05, 3.63) is 72.4 Å². The van der Waals surface area contributed by atoms with Gasteiger partial charge in [-0.1, -0.05) is 66.8 Å². The number of hydrogen-bond donors (Lipinski definition) is 1. The Hall–Kier alpha value is -1.93. The van der Waals surface area contributed by atoms with E-state index >= 15 is 0 Å². The first kappa shape index (κ1) is 18.1. The van der Waals surface area contributed by atoms with E-state index in [4.69, 9.17) is 0 Å². The normalized spacial score (nSPS) is 11.8. The zero-order valence-corrected chi connectivity index (χ0v) is 13.6. The van der Waals surface area contributed by atoms with Gasteiger partial charge < -0.3 is 5.32 Å². The van der Waals surface area contributed by atoms with Crippen molar-refractivity contribution in [1.29, 1.82) is 0 Å². The van der Waals surface area contributed by atoms with Crippen LogP contribution in [-0.2, 0) is 11.2 Å². The number of aryl methyl sites for hydroxylation is 1. The number of allylic oxidation sites excluding steroid dienone is 5. The van der Waals surface area contributed by atoms with Crippen molar-refractivity contribution in [2.24, 2.45) is 0 Å². The van der Waals surface area contributed by atoms with Crippen LogP contribution in [-0.4, -0.2) is 18.9 Å². The Morgan fingerprint density at radius 3 is 2.68 bits per heavy atom. The van der Waals surface area contributed by atoms with Crippen LogP contribution in [0.25, 0.3) is 0 Å². The standard InChI is InChI=1S/C20H27NO/c1-3-5-10-18(4-2)14-15-20(22)17-21-16-9-13-19-11-7-6-8-12-19/h3-8,10-12,21H,1,9,13-17H2,2H3/b10-5-,18-4+. The number of carbonyl (C=O) groups excluding carboxylic acids is 1. The molecule has 0 heterocycles. The second kappa shape index (κ2) is 11.7. The van der Waals surface area contributed by atoms with Gasteiger partial charge in [-0.25, -0.2) is 0 Å². The number of Topliss-reactive ketones (excluding diaryl/α,β-unsaturated/α-hetero) is 1. The Morgan fingerprint density at radius 2 is 2.00 bits per heavy atom. The molecule has 0 aromatic heterocycles. The van der Waals surface area contributed by atoms with Crippen LogP contribution in [0.5, 0.6) is 0 Å². The van der Waals surface area contributed by atoms with Crippen LogP contribution in [0.15, 0.2) is 66.8 Å². The quantitative estimate of drug-likeness (QED) is 0.489. The molecule has 1 N–H and O–H groups in total. The van der Waals surface area contributed by atoms with Gasteiger partial charge in [-0.05, 0) is 38.3 Å². The molecule has 2 heteroatoms. The molecule has 1 rings (SSSR count). The Labute approximate surface area is 134 Å². The summed E-state index contributed by atoms with van der Waals surface area (Å²) in [5.74, 6) is 0.270. The molecule has 22 heavy (non-hydrogen) atoms. The first-order chi connectivity index (χ1) is 10.8. The van der Waals surface area contributed by atoms with Crippen molar-refractivity contribution in [1.82, 2.24) is 5.32 Å². The highest BCUT2D eigenvalue weighted by molar-refractivity contribution is 5.80. The van der Waals surface area contributed by atoms with Crippen LogP contribution in [0.3, 0.4) is 0 Å². The van der Waals surface area contributed by atoms with Gasteiger partial charge in [0.1, 0.15) is 5.78 Å². The second-order valence-corrected chi connectivity index (χ2v) is 5.26. The first-order valence-corrected chi connectivity index (χ1v) is 7.97. The molecule has 118 valence electrons. The van der Waals surface area contributed by atoms with E-state index in [0.717, 1.165) is 25.8 Å². The van der Waals surface area contributed by atoms with E-state index in [1.807, 2.05) is 31.2 Å². The molecule has 0 fully saturated rings. The minimum Gasteiger partial charge on any atom is -0.310 e. The number of ketones is 1. The summed E-state index contributed by atoms with van der Waals surface area (Å²) in [6.07, 6.45) is 11.2. The fourth-order valence-electron chi connectivity index (χ4n) is 2.18. The van der Waals surface area contributed by atoms with Crippen LogP contribution in [0, 0.1) is 0 Å². The van der Waals surface area contributed by atoms with Crippen molar-refractivity contribution >= 4 is 5.78 Å². The SMILES string of the molecule is C=C/C=C\C(=C/C)CCC(=O)CNCCCc1ccccc1. The molecule has 0 unspecified atom stereocenters. The maximum absolute atomic E-state index is 11.8. The molecule has 0 amide bonds. The van der Waals surface area contributed by atoms with Gasteiger partial charge in [0, 0.05) is 6.42 Å². The molecule has 2 nitrogen and oxygen atoms in total. The van der Waals surface area contributed by atoms with Crippen molar-refractivity contribution in [3.63, 3.8) is 0 Å². The predicted octanol–water partition coefficient (Wildman–Crippen LogP) is 4.25. The van der Waals surface area contributed by atoms with Gasteiger partial charge in [0.05, 0.1) is 6.54 Å². The minimum atomic E-state index is 0.270. The zero-order chi connectivity index (χ0) is 16.0. The molecular weight excluding hydrogens is 270 g/mol. The van der Waals surface area contributed by atoms with Crippen LogP contribution in [0.2, 0.25) is 0 Å². The summed E-state index contributed by atoms with van der Waals surface area (Å²) in [6, 6.07) is 10.4. The minimum absolute atomic E-state index is 0.270. The lowest BCUT2D eigenvalue weighted by atomic mass is 10.1. The van der Waals surface area contributed by atoms with E-state index in [9.17, 15) is 4.79 Å². The van der Waals surface area contributed by atoms with Gasteiger partial charge in [-0.3, -0.25) is 4.79 Å². The highest BCUT2D eigenvalue weighted by atomic mass is 16.1. The lowest BCUT2D eigenvalue weighted by Crippen LogP contribution is -2.24. The molecule has 0 spiro atoms. The highest BCUT2D eigenvalue weighted by Crippen LogP contribution is 2.07. The summed E-state index contributed by atoms with van der Waals surface area (Å²) in [4.78, 5) is 11.8. The van der Waals surface area contributed by atoms with Gasteiger partial charge in [-0.2, -0.15) is 0 Å². The topological polar surface area (TPSA) is 29.1 Å². The van der Waals surface area contributed by atoms with Crippen molar-refractivity contribution < 1.29 is 4.79 Å². The largest absolute Gasteiger partial charge is 0.310 e. The second-order valence-electron chi connectivity index (χ2n) is 5.26. The van der Waals surface area contributed by atoms with Crippen LogP contribution in [0.1, 0.15) is 31.7 Å². The Balaban J connectivity index is 2.10. The number of benzene rings is 1. The van der Waals surface area contributed by atoms with E-state index in [-0.39, 0.29) is 5.78 Å². The molecule has 0 radical (unpaired) electrons. The summed E-state index contributed by atoms with van der Waals surface area (Å²) in [6.45, 7) is 7.00. The van der Waals surface area contributed by atoms with Gasteiger partial charge in [0.2, 0.25) is 0 Å². The molecule has 0 aliphatic carbocycles.